The Hall–Kier alpha value is -1.62. The van der Waals surface area contributed by atoms with Gasteiger partial charge in [0.1, 0.15) is 12.4 Å². The molecule has 0 fully saturated rings. The number of amides is 1. The first kappa shape index (κ1) is 17.4. The maximum Gasteiger partial charge on any atom is 0.250 e. The van der Waals surface area contributed by atoms with Crippen molar-refractivity contribution < 1.29 is 13.9 Å². The van der Waals surface area contributed by atoms with Crippen LogP contribution in [0.15, 0.2) is 18.2 Å². The van der Waals surface area contributed by atoms with E-state index >= 15 is 0 Å². The van der Waals surface area contributed by atoms with Crippen molar-refractivity contribution in [2.75, 3.05) is 24.3 Å². The highest BCUT2D eigenvalue weighted by Gasteiger charge is 2.10. The van der Waals surface area contributed by atoms with E-state index < -0.39 is 5.82 Å². The molecule has 0 heterocycles. The summed E-state index contributed by atoms with van der Waals surface area (Å²) in [6, 6.07) is 4.06. The molecule has 118 valence electrons. The third-order valence-electron chi connectivity index (χ3n) is 3.39. The Kier molecular flexibility index (Phi) is 7.75. The fourth-order valence-electron chi connectivity index (χ4n) is 2.04. The van der Waals surface area contributed by atoms with Crippen molar-refractivity contribution in [1.29, 1.82) is 0 Å². The molecule has 1 rings (SSSR count). The number of carbonyl (C=O) groups is 1. The summed E-state index contributed by atoms with van der Waals surface area (Å²) in [7, 11) is 0. The molecule has 1 aromatic rings. The molecule has 1 amide bonds. The minimum atomic E-state index is -0.507. The van der Waals surface area contributed by atoms with Gasteiger partial charge in [0.2, 0.25) is 5.91 Å². The van der Waals surface area contributed by atoms with Gasteiger partial charge in [0.15, 0.2) is 0 Å². The zero-order valence-electron chi connectivity index (χ0n) is 12.8. The van der Waals surface area contributed by atoms with E-state index in [0.717, 1.165) is 19.3 Å². The average molecular weight is 296 g/mol. The Labute approximate surface area is 125 Å². The number of anilines is 2. The predicted octanol–water partition coefficient (Wildman–Crippen LogP) is 3.58. The van der Waals surface area contributed by atoms with Crippen molar-refractivity contribution in [3.63, 3.8) is 0 Å². The minimum Gasteiger partial charge on any atom is -0.399 e. The molecule has 0 aromatic heterocycles. The van der Waals surface area contributed by atoms with Crippen molar-refractivity contribution >= 4 is 17.3 Å². The molecule has 0 aliphatic heterocycles. The monoisotopic (exact) mass is 296 g/mol. The average Bonchev–Trinajstić information content (AvgIpc) is 2.46. The third-order valence-corrected chi connectivity index (χ3v) is 3.39. The van der Waals surface area contributed by atoms with E-state index in [4.69, 9.17) is 10.5 Å². The lowest BCUT2D eigenvalue weighted by Crippen LogP contribution is -2.21. The molecule has 1 unspecified atom stereocenters. The van der Waals surface area contributed by atoms with Gasteiger partial charge in [-0.15, -0.1) is 0 Å². The van der Waals surface area contributed by atoms with Gasteiger partial charge in [-0.05, 0) is 30.5 Å². The lowest BCUT2D eigenvalue weighted by Gasteiger charge is -2.14. The van der Waals surface area contributed by atoms with E-state index in [1.165, 1.54) is 24.6 Å². The third kappa shape index (κ3) is 6.58. The molecule has 21 heavy (non-hydrogen) atoms. The van der Waals surface area contributed by atoms with Crippen LogP contribution in [0.5, 0.6) is 0 Å². The van der Waals surface area contributed by atoms with Crippen molar-refractivity contribution in [3.05, 3.63) is 24.0 Å². The SMILES string of the molecule is CCCCC(CC)COCC(=O)Nc1cc(N)ccc1F. The number of unbranched alkanes of at least 4 members (excludes halogenated alkanes) is 1. The Morgan fingerprint density at radius 3 is 2.86 bits per heavy atom. The molecule has 0 spiro atoms. The van der Waals surface area contributed by atoms with Crippen molar-refractivity contribution in [3.8, 4) is 0 Å². The smallest absolute Gasteiger partial charge is 0.250 e. The van der Waals surface area contributed by atoms with Crippen LogP contribution in [-0.2, 0) is 9.53 Å². The van der Waals surface area contributed by atoms with Crippen LogP contribution in [0, 0.1) is 11.7 Å². The van der Waals surface area contributed by atoms with E-state index in [-0.39, 0.29) is 18.2 Å². The maximum absolute atomic E-state index is 13.5. The highest BCUT2D eigenvalue weighted by molar-refractivity contribution is 5.92. The molecular formula is C16H25FN2O2. The highest BCUT2D eigenvalue weighted by Crippen LogP contribution is 2.17. The van der Waals surface area contributed by atoms with Crippen molar-refractivity contribution in [2.45, 2.75) is 39.5 Å². The molecular weight excluding hydrogens is 271 g/mol. The Bertz CT molecular complexity index is 452. The number of nitrogens with one attached hydrogen (secondary N) is 1. The Balaban J connectivity index is 2.35. The fourth-order valence-corrected chi connectivity index (χ4v) is 2.04. The van der Waals surface area contributed by atoms with Crippen LogP contribution in [0.2, 0.25) is 0 Å². The number of benzene rings is 1. The number of hydrogen-bond donors (Lipinski definition) is 2. The van der Waals surface area contributed by atoms with Crippen LogP contribution < -0.4 is 11.1 Å². The number of carbonyl (C=O) groups excluding carboxylic acids is 1. The first-order valence-electron chi connectivity index (χ1n) is 7.49. The van der Waals surface area contributed by atoms with Gasteiger partial charge in [-0.1, -0.05) is 33.1 Å². The van der Waals surface area contributed by atoms with Gasteiger partial charge < -0.3 is 15.8 Å². The molecule has 0 bridgehead atoms. The summed E-state index contributed by atoms with van der Waals surface area (Å²) < 4.78 is 18.9. The molecule has 4 nitrogen and oxygen atoms in total. The van der Waals surface area contributed by atoms with E-state index in [2.05, 4.69) is 19.2 Å². The second-order valence-electron chi connectivity index (χ2n) is 5.22. The zero-order chi connectivity index (χ0) is 15.7. The van der Waals surface area contributed by atoms with Crippen molar-refractivity contribution in [1.82, 2.24) is 0 Å². The van der Waals surface area contributed by atoms with Crippen LogP contribution >= 0.6 is 0 Å². The van der Waals surface area contributed by atoms with Gasteiger partial charge in [0.25, 0.3) is 0 Å². The molecule has 0 aliphatic carbocycles. The topological polar surface area (TPSA) is 64.3 Å². The number of ether oxygens (including phenoxy) is 1. The van der Waals surface area contributed by atoms with E-state index in [9.17, 15) is 9.18 Å². The first-order chi connectivity index (χ1) is 10.1. The van der Waals surface area contributed by atoms with Crippen LogP contribution in [-0.4, -0.2) is 19.1 Å². The fraction of sp³-hybridized carbons (Fsp3) is 0.562. The standard InChI is InChI=1S/C16H25FN2O2/c1-3-5-6-12(4-2)10-21-11-16(20)19-15-9-13(18)7-8-14(15)17/h7-9,12H,3-6,10-11,18H2,1-2H3,(H,19,20). The van der Waals surface area contributed by atoms with Gasteiger partial charge in [-0.2, -0.15) is 0 Å². The normalized spacial score (nSPS) is 12.1. The molecule has 0 saturated heterocycles. The van der Waals surface area contributed by atoms with Gasteiger partial charge in [0, 0.05) is 5.69 Å². The van der Waals surface area contributed by atoms with Crippen molar-refractivity contribution in [2.24, 2.45) is 5.92 Å². The summed E-state index contributed by atoms with van der Waals surface area (Å²) in [4.78, 5) is 11.7. The summed E-state index contributed by atoms with van der Waals surface area (Å²) in [5.74, 6) is -0.404. The molecule has 5 heteroatoms. The summed E-state index contributed by atoms with van der Waals surface area (Å²) in [5, 5.41) is 2.47. The number of rotatable bonds is 9. The van der Waals surface area contributed by atoms with Gasteiger partial charge >= 0.3 is 0 Å². The van der Waals surface area contributed by atoms with Gasteiger partial charge in [0.05, 0.1) is 12.3 Å². The lowest BCUT2D eigenvalue weighted by molar-refractivity contribution is -0.121. The summed E-state index contributed by atoms with van der Waals surface area (Å²) in [6.07, 6.45) is 4.47. The summed E-state index contributed by atoms with van der Waals surface area (Å²) in [6.45, 7) is 4.76. The van der Waals surface area contributed by atoms with E-state index in [1.54, 1.807) is 0 Å². The number of hydrogen-bond acceptors (Lipinski definition) is 3. The number of nitrogen functional groups attached to an aromatic ring is 1. The second kappa shape index (κ2) is 9.34. The summed E-state index contributed by atoms with van der Waals surface area (Å²) in [5.41, 5.74) is 6.04. The predicted molar refractivity (Wildman–Crippen MR) is 83.6 cm³/mol. The van der Waals surface area contributed by atoms with Gasteiger partial charge in [-0.25, -0.2) is 4.39 Å². The molecule has 3 N–H and O–H groups in total. The summed E-state index contributed by atoms with van der Waals surface area (Å²) >= 11 is 0. The van der Waals surface area contributed by atoms with Crippen LogP contribution in [0.4, 0.5) is 15.8 Å². The molecule has 0 saturated carbocycles. The molecule has 1 aromatic carbocycles. The molecule has 0 radical (unpaired) electrons. The lowest BCUT2D eigenvalue weighted by atomic mass is 10.0. The molecule has 1 atom stereocenters. The van der Waals surface area contributed by atoms with Crippen LogP contribution in [0.25, 0.3) is 0 Å². The second-order valence-corrected chi connectivity index (χ2v) is 5.22. The van der Waals surface area contributed by atoms with Crippen LogP contribution in [0.3, 0.4) is 0 Å². The molecule has 0 aliphatic rings. The minimum absolute atomic E-state index is 0.0726. The number of nitrogens with two attached hydrogens (primary N) is 1. The van der Waals surface area contributed by atoms with E-state index in [0.29, 0.717) is 18.2 Å². The number of halogens is 1. The highest BCUT2D eigenvalue weighted by atomic mass is 19.1. The quantitative estimate of drug-likeness (QED) is 0.685. The maximum atomic E-state index is 13.5. The van der Waals surface area contributed by atoms with Gasteiger partial charge in [-0.3, -0.25) is 4.79 Å². The largest absolute Gasteiger partial charge is 0.399 e. The van der Waals surface area contributed by atoms with E-state index in [1.807, 2.05) is 0 Å². The van der Waals surface area contributed by atoms with Crippen LogP contribution in [0.1, 0.15) is 39.5 Å². The Morgan fingerprint density at radius 2 is 2.19 bits per heavy atom. The first-order valence-corrected chi connectivity index (χ1v) is 7.49. The Morgan fingerprint density at radius 1 is 1.43 bits per heavy atom. The zero-order valence-corrected chi connectivity index (χ0v) is 12.8.